The maximum atomic E-state index is 13.0. The van der Waals surface area contributed by atoms with Crippen LogP contribution in [0, 0.1) is 17.1 Å². The molecule has 1 unspecified atom stereocenters. The highest BCUT2D eigenvalue weighted by molar-refractivity contribution is 5.92. The Bertz CT molecular complexity index is 535. The minimum absolute atomic E-state index is 0.0896. The normalized spacial score (nSPS) is 18.0. The highest BCUT2D eigenvalue weighted by atomic mass is 19.1. The van der Waals surface area contributed by atoms with Crippen molar-refractivity contribution in [3.8, 4) is 6.07 Å². The number of carbonyl (C=O) groups is 1. The van der Waals surface area contributed by atoms with Gasteiger partial charge in [-0.2, -0.15) is 5.26 Å². The number of hydrogen-bond acceptors (Lipinski definition) is 4. The topological polar surface area (TPSA) is 59.4 Å². The van der Waals surface area contributed by atoms with Crippen LogP contribution in [0.3, 0.4) is 0 Å². The van der Waals surface area contributed by atoms with Crippen LogP contribution in [-0.2, 0) is 4.79 Å². The van der Waals surface area contributed by atoms with Crippen molar-refractivity contribution >= 4 is 11.6 Å². The zero-order valence-electron chi connectivity index (χ0n) is 12.1. The Morgan fingerprint density at radius 3 is 2.76 bits per heavy atom. The van der Waals surface area contributed by atoms with Gasteiger partial charge >= 0.3 is 0 Å². The molecule has 1 aliphatic heterocycles. The quantitative estimate of drug-likeness (QED) is 0.908. The van der Waals surface area contributed by atoms with E-state index >= 15 is 0 Å². The molecular formula is C15H19FN4O. The van der Waals surface area contributed by atoms with Crippen LogP contribution in [0.15, 0.2) is 24.3 Å². The van der Waals surface area contributed by atoms with Crippen molar-refractivity contribution in [1.29, 1.82) is 5.26 Å². The first-order chi connectivity index (χ1) is 10.1. The Morgan fingerprint density at radius 1 is 1.43 bits per heavy atom. The predicted octanol–water partition coefficient (Wildman–Crippen LogP) is 1.29. The second-order valence-corrected chi connectivity index (χ2v) is 5.18. The fourth-order valence-corrected chi connectivity index (χ4v) is 2.36. The van der Waals surface area contributed by atoms with Gasteiger partial charge in [-0.3, -0.25) is 14.6 Å². The van der Waals surface area contributed by atoms with Crippen molar-refractivity contribution in [1.82, 2.24) is 9.80 Å². The molecule has 6 heteroatoms. The third kappa shape index (κ3) is 4.52. The lowest BCUT2D eigenvalue weighted by Crippen LogP contribution is -2.50. The highest BCUT2D eigenvalue weighted by Crippen LogP contribution is 2.10. The van der Waals surface area contributed by atoms with E-state index in [0.29, 0.717) is 5.69 Å². The number of nitrogens with one attached hydrogen (secondary N) is 1. The third-order valence-electron chi connectivity index (χ3n) is 3.62. The summed E-state index contributed by atoms with van der Waals surface area (Å²) in [6.07, 6.45) is 0. The van der Waals surface area contributed by atoms with Crippen molar-refractivity contribution in [2.45, 2.75) is 13.0 Å². The predicted molar refractivity (Wildman–Crippen MR) is 78.1 cm³/mol. The van der Waals surface area contributed by atoms with Gasteiger partial charge in [0.25, 0.3) is 0 Å². The van der Waals surface area contributed by atoms with Crippen molar-refractivity contribution in [3.63, 3.8) is 0 Å². The van der Waals surface area contributed by atoms with Gasteiger partial charge in [0, 0.05) is 31.9 Å². The molecule has 21 heavy (non-hydrogen) atoms. The number of piperazine rings is 1. The SMILES string of the molecule is CC(C#N)N1CCN(CC(=O)Nc2cccc(F)c2)CC1. The van der Waals surface area contributed by atoms with Crippen LogP contribution in [-0.4, -0.2) is 54.5 Å². The van der Waals surface area contributed by atoms with Gasteiger partial charge in [0.05, 0.1) is 18.7 Å². The number of nitrogens with zero attached hydrogens (tertiary/aromatic N) is 3. The van der Waals surface area contributed by atoms with Gasteiger partial charge in [-0.05, 0) is 25.1 Å². The second kappa shape index (κ2) is 7.16. The number of nitriles is 1. The van der Waals surface area contributed by atoms with Gasteiger partial charge in [0.1, 0.15) is 5.82 Å². The van der Waals surface area contributed by atoms with E-state index in [1.807, 2.05) is 11.8 Å². The number of rotatable bonds is 4. The minimum atomic E-state index is -0.369. The molecule has 1 N–H and O–H groups in total. The number of halogens is 1. The second-order valence-electron chi connectivity index (χ2n) is 5.18. The van der Waals surface area contributed by atoms with Crippen molar-refractivity contribution in [2.75, 3.05) is 38.0 Å². The molecule has 5 nitrogen and oxygen atoms in total. The molecule has 1 heterocycles. The van der Waals surface area contributed by atoms with Gasteiger partial charge in [-0.25, -0.2) is 4.39 Å². The summed E-state index contributed by atoms with van der Waals surface area (Å²) in [6, 6.07) is 7.99. The monoisotopic (exact) mass is 290 g/mol. The Morgan fingerprint density at radius 2 is 2.14 bits per heavy atom. The largest absolute Gasteiger partial charge is 0.325 e. The Kier molecular flexibility index (Phi) is 5.26. The summed E-state index contributed by atoms with van der Waals surface area (Å²) in [5, 5.41) is 11.6. The van der Waals surface area contributed by atoms with E-state index in [0.717, 1.165) is 26.2 Å². The van der Waals surface area contributed by atoms with E-state index in [1.165, 1.54) is 12.1 Å². The molecule has 0 radical (unpaired) electrons. The Balaban J connectivity index is 1.78. The highest BCUT2D eigenvalue weighted by Gasteiger charge is 2.22. The van der Waals surface area contributed by atoms with Crippen LogP contribution >= 0.6 is 0 Å². The lowest BCUT2D eigenvalue weighted by Gasteiger charge is -2.35. The molecule has 1 amide bonds. The summed E-state index contributed by atoms with van der Waals surface area (Å²) in [5.74, 6) is -0.519. The van der Waals surface area contributed by atoms with Crippen LogP contribution in [0.2, 0.25) is 0 Å². The molecule has 0 saturated carbocycles. The molecule has 112 valence electrons. The number of benzene rings is 1. The summed E-state index contributed by atoms with van der Waals surface area (Å²) in [7, 11) is 0. The summed E-state index contributed by atoms with van der Waals surface area (Å²) in [5.41, 5.74) is 0.469. The van der Waals surface area contributed by atoms with E-state index in [4.69, 9.17) is 5.26 Å². The fraction of sp³-hybridized carbons (Fsp3) is 0.467. The first kappa shape index (κ1) is 15.4. The first-order valence-corrected chi connectivity index (χ1v) is 7.00. The van der Waals surface area contributed by atoms with E-state index in [2.05, 4.69) is 16.3 Å². The molecule has 1 atom stereocenters. The lowest BCUT2D eigenvalue weighted by molar-refractivity contribution is -0.117. The molecule has 0 aliphatic carbocycles. The number of amides is 1. The van der Waals surface area contributed by atoms with Gasteiger partial charge in [0.15, 0.2) is 0 Å². The van der Waals surface area contributed by atoms with Crippen molar-refractivity contribution < 1.29 is 9.18 Å². The Hall–Kier alpha value is -1.97. The number of carbonyl (C=O) groups excluding carboxylic acids is 1. The van der Waals surface area contributed by atoms with E-state index < -0.39 is 0 Å². The molecule has 1 aliphatic rings. The van der Waals surface area contributed by atoms with E-state index in [-0.39, 0.29) is 24.3 Å². The number of hydrogen-bond donors (Lipinski definition) is 1. The van der Waals surface area contributed by atoms with Gasteiger partial charge in [0.2, 0.25) is 5.91 Å². The summed E-state index contributed by atoms with van der Waals surface area (Å²) < 4.78 is 13.0. The first-order valence-electron chi connectivity index (χ1n) is 7.00. The van der Waals surface area contributed by atoms with Crippen LogP contribution in [0.5, 0.6) is 0 Å². The zero-order chi connectivity index (χ0) is 15.2. The molecule has 2 rings (SSSR count). The Labute approximate surface area is 123 Å². The molecule has 0 bridgehead atoms. The molecule has 0 spiro atoms. The van der Waals surface area contributed by atoms with E-state index in [9.17, 15) is 9.18 Å². The average Bonchev–Trinajstić information content (AvgIpc) is 2.47. The average molecular weight is 290 g/mol. The summed E-state index contributed by atoms with van der Waals surface area (Å²) >= 11 is 0. The molecule has 1 aromatic rings. The maximum absolute atomic E-state index is 13.0. The number of anilines is 1. The van der Waals surface area contributed by atoms with Gasteiger partial charge in [-0.1, -0.05) is 6.07 Å². The van der Waals surface area contributed by atoms with Gasteiger partial charge in [-0.15, -0.1) is 0 Å². The van der Waals surface area contributed by atoms with Crippen LogP contribution < -0.4 is 5.32 Å². The van der Waals surface area contributed by atoms with Crippen molar-refractivity contribution in [3.05, 3.63) is 30.1 Å². The molecule has 1 aromatic carbocycles. The molecule has 1 saturated heterocycles. The molecule has 1 fully saturated rings. The smallest absolute Gasteiger partial charge is 0.238 e. The lowest BCUT2D eigenvalue weighted by atomic mass is 10.2. The fourth-order valence-electron chi connectivity index (χ4n) is 2.36. The van der Waals surface area contributed by atoms with Crippen molar-refractivity contribution in [2.24, 2.45) is 0 Å². The summed E-state index contributed by atoms with van der Waals surface area (Å²) in [6.45, 7) is 5.23. The van der Waals surface area contributed by atoms with Crippen LogP contribution in [0.1, 0.15) is 6.92 Å². The van der Waals surface area contributed by atoms with Gasteiger partial charge < -0.3 is 5.32 Å². The third-order valence-corrected chi connectivity index (χ3v) is 3.62. The molecule has 0 aromatic heterocycles. The molecular weight excluding hydrogens is 271 g/mol. The standard InChI is InChI=1S/C15H19FN4O/c1-12(10-17)20-7-5-19(6-8-20)11-15(21)18-14-4-2-3-13(16)9-14/h2-4,9,12H,5-8,11H2,1H3,(H,18,21). The van der Waals surface area contributed by atoms with Crippen LogP contribution in [0.25, 0.3) is 0 Å². The minimum Gasteiger partial charge on any atom is -0.325 e. The summed E-state index contributed by atoms with van der Waals surface area (Å²) in [4.78, 5) is 16.1. The zero-order valence-corrected chi connectivity index (χ0v) is 12.1. The van der Waals surface area contributed by atoms with E-state index in [1.54, 1.807) is 12.1 Å². The van der Waals surface area contributed by atoms with Crippen LogP contribution in [0.4, 0.5) is 10.1 Å². The maximum Gasteiger partial charge on any atom is 0.238 e.